The zero-order valence-electron chi connectivity index (χ0n) is 17.2. The van der Waals surface area contributed by atoms with E-state index in [1.54, 1.807) is 0 Å². The lowest BCUT2D eigenvalue weighted by Crippen LogP contribution is -2.13. The number of Topliss-reactive ketones (excluding diaryl/α,β-unsaturated/α-hetero) is 1. The molecule has 0 aliphatic carbocycles. The van der Waals surface area contributed by atoms with Crippen LogP contribution in [0.5, 0.6) is 0 Å². The summed E-state index contributed by atoms with van der Waals surface area (Å²) in [6.45, 7) is 13.2. The molecule has 0 atom stereocenters. The van der Waals surface area contributed by atoms with Gasteiger partial charge in [-0.05, 0) is 45.2 Å². The van der Waals surface area contributed by atoms with Gasteiger partial charge in [0.15, 0.2) is 0 Å². The smallest absolute Gasteiger partial charge is 0.135 e. The van der Waals surface area contributed by atoms with Crippen LogP contribution in [0.25, 0.3) is 0 Å². The van der Waals surface area contributed by atoms with Gasteiger partial charge in [-0.3, -0.25) is 9.48 Å². The van der Waals surface area contributed by atoms with E-state index in [4.69, 9.17) is 0 Å². The van der Waals surface area contributed by atoms with Crippen LogP contribution in [0.2, 0.25) is 0 Å². The average Bonchev–Trinajstić information content (AvgIpc) is 3.07. The highest BCUT2D eigenvalue weighted by Gasteiger charge is 2.07. The van der Waals surface area contributed by atoms with Gasteiger partial charge in [-0.15, -0.1) is 5.10 Å². The molecule has 0 saturated heterocycles. The highest BCUT2D eigenvalue weighted by Crippen LogP contribution is 2.08. The quantitative estimate of drug-likeness (QED) is 0.504. The first-order chi connectivity index (χ1) is 12.1. The molecule has 25 heavy (non-hydrogen) atoms. The summed E-state index contributed by atoms with van der Waals surface area (Å²) in [5.74, 6) is 0.524. The molecule has 0 bridgehead atoms. The Balaban J connectivity index is 0.00000277. The lowest BCUT2D eigenvalue weighted by molar-refractivity contribution is -0.122. The minimum atomic E-state index is 0.161. The Hall–Kier alpha value is -1.23. The summed E-state index contributed by atoms with van der Waals surface area (Å²) in [6, 6.07) is 0. The molecule has 5 nitrogen and oxygen atoms in total. The van der Waals surface area contributed by atoms with Crippen molar-refractivity contribution in [3.63, 3.8) is 0 Å². The second-order valence-electron chi connectivity index (χ2n) is 6.57. The molecule has 146 valence electrons. The maximum Gasteiger partial charge on any atom is 0.135 e. The van der Waals surface area contributed by atoms with E-state index in [2.05, 4.69) is 28.7 Å². The number of aromatic nitrogens is 3. The SMILES string of the molecule is CC.CCNCCCCCCn1cc(CCCCC(=O)C(C)C)nn1. The number of hydrogen-bond donors (Lipinski definition) is 1. The summed E-state index contributed by atoms with van der Waals surface area (Å²) < 4.78 is 1.96. The van der Waals surface area contributed by atoms with Gasteiger partial charge in [0.05, 0.1) is 5.69 Å². The Morgan fingerprint density at radius 2 is 1.84 bits per heavy atom. The van der Waals surface area contributed by atoms with Crippen molar-refractivity contribution in [2.45, 2.75) is 92.5 Å². The lowest BCUT2D eigenvalue weighted by Gasteiger charge is -2.03. The minimum Gasteiger partial charge on any atom is -0.317 e. The first-order valence-corrected chi connectivity index (χ1v) is 10.3. The monoisotopic (exact) mass is 352 g/mol. The third-order valence-electron chi connectivity index (χ3n) is 4.08. The Morgan fingerprint density at radius 1 is 1.12 bits per heavy atom. The molecule has 0 amide bonds. The van der Waals surface area contributed by atoms with Crippen molar-refractivity contribution in [2.24, 2.45) is 5.92 Å². The highest BCUT2D eigenvalue weighted by atomic mass is 16.1. The fourth-order valence-electron chi connectivity index (χ4n) is 2.51. The first-order valence-electron chi connectivity index (χ1n) is 10.3. The molecule has 1 heterocycles. The van der Waals surface area contributed by atoms with Crippen LogP contribution in [0, 0.1) is 5.92 Å². The van der Waals surface area contributed by atoms with Crippen molar-refractivity contribution in [3.05, 3.63) is 11.9 Å². The Morgan fingerprint density at radius 3 is 2.52 bits per heavy atom. The maximum absolute atomic E-state index is 11.6. The maximum atomic E-state index is 11.6. The summed E-state index contributed by atoms with van der Waals surface area (Å²) in [4.78, 5) is 11.6. The van der Waals surface area contributed by atoms with Crippen LogP contribution in [0.1, 0.15) is 85.3 Å². The van der Waals surface area contributed by atoms with Crippen molar-refractivity contribution in [1.82, 2.24) is 20.3 Å². The second-order valence-corrected chi connectivity index (χ2v) is 6.57. The molecule has 5 heteroatoms. The molecular formula is C20H40N4O. The first kappa shape index (κ1) is 23.8. The zero-order chi connectivity index (χ0) is 18.9. The molecular weight excluding hydrogens is 312 g/mol. The number of unbranched alkanes of at least 4 members (excludes halogenated alkanes) is 4. The van der Waals surface area contributed by atoms with Crippen molar-refractivity contribution >= 4 is 5.78 Å². The van der Waals surface area contributed by atoms with Crippen LogP contribution in [0.3, 0.4) is 0 Å². The van der Waals surface area contributed by atoms with Crippen LogP contribution in [0.4, 0.5) is 0 Å². The van der Waals surface area contributed by atoms with Crippen molar-refractivity contribution < 1.29 is 4.79 Å². The van der Waals surface area contributed by atoms with Crippen molar-refractivity contribution in [2.75, 3.05) is 13.1 Å². The molecule has 0 spiro atoms. The Bertz CT molecular complexity index is 429. The molecule has 0 fully saturated rings. The van der Waals surface area contributed by atoms with Gasteiger partial charge < -0.3 is 5.32 Å². The molecule has 0 aromatic carbocycles. The van der Waals surface area contributed by atoms with Crippen LogP contribution in [-0.2, 0) is 17.8 Å². The fraction of sp³-hybridized carbons (Fsp3) is 0.850. The lowest BCUT2D eigenvalue weighted by atomic mass is 10.0. The zero-order valence-corrected chi connectivity index (χ0v) is 17.2. The van der Waals surface area contributed by atoms with Crippen LogP contribution in [-0.4, -0.2) is 33.9 Å². The van der Waals surface area contributed by atoms with E-state index in [0.29, 0.717) is 12.2 Å². The predicted octanol–water partition coefficient (Wildman–Crippen LogP) is 4.41. The van der Waals surface area contributed by atoms with Gasteiger partial charge in [-0.1, -0.05) is 52.7 Å². The highest BCUT2D eigenvalue weighted by molar-refractivity contribution is 5.80. The molecule has 0 aliphatic rings. The van der Waals surface area contributed by atoms with E-state index in [9.17, 15) is 4.79 Å². The van der Waals surface area contributed by atoms with Gasteiger partial charge in [-0.25, -0.2) is 0 Å². The van der Waals surface area contributed by atoms with E-state index < -0.39 is 0 Å². The Kier molecular flexibility index (Phi) is 15.5. The molecule has 0 radical (unpaired) electrons. The fourth-order valence-corrected chi connectivity index (χ4v) is 2.51. The van der Waals surface area contributed by atoms with Gasteiger partial charge in [0, 0.05) is 25.1 Å². The number of ketones is 1. The van der Waals surface area contributed by atoms with E-state index >= 15 is 0 Å². The van der Waals surface area contributed by atoms with Crippen LogP contribution >= 0.6 is 0 Å². The Labute approximate surface area is 155 Å². The summed E-state index contributed by atoms with van der Waals surface area (Å²) in [7, 11) is 0. The van der Waals surface area contributed by atoms with Crippen LogP contribution in [0.15, 0.2) is 6.20 Å². The predicted molar refractivity (Wildman–Crippen MR) is 106 cm³/mol. The van der Waals surface area contributed by atoms with Gasteiger partial charge in [0.2, 0.25) is 0 Å². The number of aryl methyl sites for hydroxylation is 2. The van der Waals surface area contributed by atoms with Crippen molar-refractivity contribution in [1.29, 1.82) is 0 Å². The number of carbonyl (C=O) groups excluding carboxylic acids is 1. The average molecular weight is 353 g/mol. The minimum absolute atomic E-state index is 0.161. The molecule has 1 N–H and O–H groups in total. The summed E-state index contributed by atoms with van der Waals surface area (Å²) in [6.07, 6.45) is 10.6. The van der Waals surface area contributed by atoms with E-state index in [0.717, 1.165) is 51.0 Å². The van der Waals surface area contributed by atoms with Gasteiger partial charge in [-0.2, -0.15) is 0 Å². The summed E-state index contributed by atoms with van der Waals surface area (Å²) in [5, 5.41) is 11.8. The van der Waals surface area contributed by atoms with E-state index in [1.165, 1.54) is 19.3 Å². The summed E-state index contributed by atoms with van der Waals surface area (Å²) >= 11 is 0. The third kappa shape index (κ3) is 12.7. The van der Waals surface area contributed by atoms with Crippen molar-refractivity contribution in [3.8, 4) is 0 Å². The molecule has 0 unspecified atom stereocenters. The van der Waals surface area contributed by atoms with Gasteiger partial charge >= 0.3 is 0 Å². The van der Waals surface area contributed by atoms with Crippen LogP contribution < -0.4 is 5.32 Å². The topological polar surface area (TPSA) is 59.8 Å². The van der Waals surface area contributed by atoms with E-state index in [-0.39, 0.29) is 5.92 Å². The third-order valence-corrected chi connectivity index (χ3v) is 4.08. The number of carbonyl (C=O) groups is 1. The van der Waals surface area contributed by atoms with Gasteiger partial charge in [0.1, 0.15) is 5.78 Å². The van der Waals surface area contributed by atoms with E-state index in [1.807, 2.05) is 32.4 Å². The normalized spacial score (nSPS) is 10.6. The standard InChI is InChI=1S/C18H34N4O.C2H6/c1-4-19-13-9-5-6-10-14-22-15-17(20-21-22)11-7-8-12-18(23)16(2)3;1-2/h15-16,19H,4-14H2,1-3H3;1-2H3. The number of nitrogens with one attached hydrogen (secondary N) is 1. The molecule has 1 aromatic rings. The van der Waals surface area contributed by atoms with Gasteiger partial charge in [0.25, 0.3) is 0 Å². The molecule has 0 saturated carbocycles. The second kappa shape index (κ2) is 16.2. The molecule has 0 aliphatic heterocycles. The molecule has 1 rings (SSSR count). The number of rotatable bonds is 14. The number of hydrogen-bond acceptors (Lipinski definition) is 4. The largest absolute Gasteiger partial charge is 0.317 e. The molecule has 1 aromatic heterocycles. The number of nitrogens with zero attached hydrogens (tertiary/aromatic N) is 3. The summed E-state index contributed by atoms with van der Waals surface area (Å²) in [5.41, 5.74) is 1.05.